The molecule has 4 rings (SSSR count). The van der Waals surface area contributed by atoms with E-state index in [1.807, 2.05) is 25.1 Å². The molecule has 0 N–H and O–H groups in total. The minimum atomic E-state index is -3.32. The first-order valence-corrected chi connectivity index (χ1v) is 14.2. The molecule has 1 nitrogen and oxygen atoms in total. The van der Waals surface area contributed by atoms with Crippen LogP contribution in [0.2, 0.25) is 0 Å². The van der Waals surface area contributed by atoms with Gasteiger partial charge in [0.25, 0.3) is 0 Å². The number of hydrogen-bond acceptors (Lipinski definition) is 1. The Bertz CT molecular complexity index is 1100. The Balaban J connectivity index is 1.91. The Hall–Kier alpha value is -2.91. The van der Waals surface area contributed by atoms with Crippen molar-refractivity contribution >= 4 is 33.1 Å². The summed E-state index contributed by atoms with van der Waals surface area (Å²) in [5.41, 5.74) is 2.37. The molecule has 160 valence electrons. The van der Waals surface area contributed by atoms with Crippen molar-refractivity contribution in [2.45, 2.75) is 19.5 Å². The van der Waals surface area contributed by atoms with Crippen LogP contribution in [0.5, 0.6) is 0 Å². The van der Waals surface area contributed by atoms with Gasteiger partial charge in [-0.25, -0.2) is 0 Å². The van der Waals surface area contributed by atoms with Crippen molar-refractivity contribution in [3.05, 3.63) is 126 Å². The topological polar surface area (TPSA) is 23.8 Å². The van der Waals surface area contributed by atoms with Gasteiger partial charge in [0.05, 0.1) is 0 Å². The van der Waals surface area contributed by atoms with Gasteiger partial charge in [-0.3, -0.25) is 0 Å². The third-order valence-electron chi connectivity index (χ3n) is 6.15. The van der Waals surface area contributed by atoms with Gasteiger partial charge >= 0.3 is 196 Å². The molecule has 0 saturated carbocycles. The fourth-order valence-corrected chi connectivity index (χ4v) is 10.6. The Morgan fingerprint density at radius 2 is 1.03 bits per heavy atom. The first-order chi connectivity index (χ1) is 15.5. The van der Waals surface area contributed by atoms with E-state index in [1.165, 1.54) is 27.0 Å². The standard InChI is InChI=1S/C29H27ClNP/c1-24(22-31)21-25-17-19-26(20-18-25)23-32(30,27-11-5-2-6-12-27,28-13-7-3-8-14-28)29-15-9-4-10-16-29/h2-20,24H,21,23H2,1H3. The van der Waals surface area contributed by atoms with Gasteiger partial charge in [-0.15, -0.1) is 0 Å². The van der Waals surface area contributed by atoms with Gasteiger partial charge < -0.3 is 0 Å². The molecule has 0 aliphatic rings. The average Bonchev–Trinajstić information content (AvgIpc) is 2.87. The number of nitriles is 1. The average molecular weight is 456 g/mol. The van der Waals surface area contributed by atoms with Crippen molar-refractivity contribution in [2.24, 2.45) is 5.92 Å². The van der Waals surface area contributed by atoms with Gasteiger partial charge in [0.1, 0.15) is 0 Å². The number of rotatable bonds is 7. The fourth-order valence-electron chi connectivity index (χ4n) is 4.46. The Morgan fingerprint density at radius 3 is 1.41 bits per heavy atom. The van der Waals surface area contributed by atoms with E-state index < -0.39 is 5.96 Å². The zero-order chi connectivity index (χ0) is 22.5. The summed E-state index contributed by atoms with van der Waals surface area (Å²) >= 11 is 8.14. The zero-order valence-electron chi connectivity index (χ0n) is 18.2. The summed E-state index contributed by atoms with van der Waals surface area (Å²) in [4.78, 5) is 0. The van der Waals surface area contributed by atoms with Crippen molar-refractivity contribution in [3.63, 3.8) is 0 Å². The molecule has 4 aromatic carbocycles. The molecule has 0 aliphatic heterocycles. The summed E-state index contributed by atoms with van der Waals surface area (Å²) in [7, 11) is 0. The van der Waals surface area contributed by atoms with Crippen LogP contribution in [0.1, 0.15) is 18.1 Å². The monoisotopic (exact) mass is 455 g/mol. The van der Waals surface area contributed by atoms with Crippen LogP contribution in [0.25, 0.3) is 0 Å². The third-order valence-corrected chi connectivity index (χ3v) is 13.3. The molecule has 1 atom stereocenters. The predicted octanol–water partition coefficient (Wildman–Crippen LogP) is 6.57. The van der Waals surface area contributed by atoms with Crippen LogP contribution in [-0.2, 0) is 12.6 Å². The Labute approximate surface area is 196 Å². The van der Waals surface area contributed by atoms with Gasteiger partial charge in [0.15, 0.2) is 0 Å². The second kappa shape index (κ2) is 9.30. The van der Waals surface area contributed by atoms with Crippen LogP contribution in [0.15, 0.2) is 115 Å². The normalized spacial score (nSPS) is 13.5. The van der Waals surface area contributed by atoms with Crippen LogP contribution < -0.4 is 15.9 Å². The number of benzene rings is 4. The second-order valence-corrected chi connectivity index (χ2v) is 14.9. The maximum absolute atomic E-state index is 9.15. The van der Waals surface area contributed by atoms with Gasteiger partial charge in [-0.1, -0.05) is 0 Å². The summed E-state index contributed by atoms with van der Waals surface area (Å²) < 4.78 is 0. The molecule has 1 unspecified atom stereocenters. The van der Waals surface area contributed by atoms with E-state index in [-0.39, 0.29) is 5.92 Å². The molecule has 0 fully saturated rings. The predicted molar refractivity (Wildman–Crippen MR) is 140 cm³/mol. The number of hydrogen-bond donors (Lipinski definition) is 0. The van der Waals surface area contributed by atoms with E-state index in [0.29, 0.717) is 0 Å². The van der Waals surface area contributed by atoms with Crippen LogP contribution in [0, 0.1) is 17.2 Å². The summed E-state index contributed by atoms with van der Waals surface area (Å²) in [5.74, 6) is -3.31. The van der Waals surface area contributed by atoms with Gasteiger partial charge in [-0.2, -0.15) is 0 Å². The fraction of sp³-hybridized carbons (Fsp3) is 0.138. The van der Waals surface area contributed by atoms with Crippen molar-refractivity contribution in [1.29, 1.82) is 5.26 Å². The molecule has 0 heterocycles. The zero-order valence-corrected chi connectivity index (χ0v) is 19.9. The summed E-state index contributed by atoms with van der Waals surface area (Å²) in [6.45, 7) is 1.96. The van der Waals surface area contributed by atoms with Crippen LogP contribution >= 0.6 is 17.2 Å². The van der Waals surface area contributed by atoms with E-state index in [2.05, 4.69) is 103 Å². The number of nitrogens with zero attached hydrogens (tertiary/aromatic N) is 1. The first kappa shape index (κ1) is 22.3. The molecule has 0 saturated heterocycles. The van der Waals surface area contributed by atoms with E-state index in [4.69, 9.17) is 16.5 Å². The first-order valence-electron chi connectivity index (χ1n) is 10.9. The Kier molecular flexibility index (Phi) is 6.48. The molecule has 0 amide bonds. The maximum atomic E-state index is 9.15. The van der Waals surface area contributed by atoms with Crippen molar-refractivity contribution in [1.82, 2.24) is 0 Å². The van der Waals surface area contributed by atoms with E-state index in [0.717, 1.165) is 12.6 Å². The van der Waals surface area contributed by atoms with E-state index in [1.54, 1.807) is 0 Å². The molecule has 0 radical (unpaired) electrons. The van der Waals surface area contributed by atoms with Crippen LogP contribution in [0.4, 0.5) is 0 Å². The molecule has 0 spiro atoms. The summed E-state index contributed by atoms with van der Waals surface area (Å²) in [6.07, 6.45) is 1.48. The minimum absolute atomic E-state index is 0.00563. The second-order valence-electron chi connectivity index (χ2n) is 8.40. The van der Waals surface area contributed by atoms with Gasteiger partial charge in [0.2, 0.25) is 0 Å². The SMILES string of the molecule is CC(C#N)Cc1ccc(CP(Cl)(c2ccccc2)(c2ccccc2)c2ccccc2)cc1. The molecular weight excluding hydrogens is 429 g/mol. The molecule has 0 aromatic heterocycles. The van der Waals surface area contributed by atoms with Crippen molar-refractivity contribution in [3.8, 4) is 6.07 Å². The van der Waals surface area contributed by atoms with Crippen molar-refractivity contribution < 1.29 is 0 Å². The Morgan fingerprint density at radius 1 is 0.656 bits per heavy atom. The molecule has 3 heteroatoms. The molecule has 0 aliphatic carbocycles. The third kappa shape index (κ3) is 4.10. The van der Waals surface area contributed by atoms with E-state index >= 15 is 0 Å². The van der Waals surface area contributed by atoms with E-state index in [9.17, 15) is 0 Å². The quantitative estimate of drug-likeness (QED) is 0.289. The van der Waals surface area contributed by atoms with Crippen LogP contribution in [0.3, 0.4) is 0 Å². The van der Waals surface area contributed by atoms with Crippen molar-refractivity contribution in [2.75, 3.05) is 0 Å². The summed E-state index contributed by atoms with van der Waals surface area (Å²) in [5, 5.41) is 12.7. The molecule has 0 bridgehead atoms. The molecule has 4 aromatic rings. The van der Waals surface area contributed by atoms with Crippen LogP contribution in [-0.4, -0.2) is 0 Å². The molecular formula is C29H27ClNP. The van der Waals surface area contributed by atoms with Gasteiger partial charge in [-0.05, 0) is 0 Å². The molecule has 32 heavy (non-hydrogen) atoms. The number of halogens is 1. The summed E-state index contributed by atoms with van der Waals surface area (Å²) in [6, 6.07) is 42.6. The van der Waals surface area contributed by atoms with Gasteiger partial charge in [0, 0.05) is 0 Å².